The molecule has 1 aromatic carbocycles. The zero-order valence-corrected chi connectivity index (χ0v) is 13.4. The summed E-state index contributed by atoms with van der Waals surface area (Å²) < 4.78 is 24.2. The van der Waals surface area contributed by atoms with E-state index < -0.39 is 0 Å². The van der Waals surface area contributed by atoms with Gasteiger partial charge in [-0.3, -0.25) is 4.79 Å². The van der Waals surface area contributed by atoms with Gasteiger partial charge in [-0.05, 0) is 43.4 Å². The zero-order chi connectivity index (χ0) is 16.1. The molecular formula is C18H24FNO3. The van der Waals surface area contributed by atoms with Crippen LogP contribution < -0.4 is 0 Å². The Morgan fingerprint density at radius 3 is 2.57 bits per heavy atom. The van der Waals surface area contributed by atoms with E-state index in [9.17, 15) is 9.18 Å². The summed E-state index contributed by atoms with van der Waals surface area (Å²) in [5.74, 6) is -0.0632. The average Bonchev–Trinajstić information content (AvgIpc) is 3.08. The highest BCUT2D eigenvalue weighted by molar-refractivity contribution is 5.76. The molecule has 3 rings (SSSR count). The molecule has 0 unspecified atom stereocenters. The van der Waals surface area contributed by atoms with E-state index in [4.69, 9.17) is 9.47 Å². The first kappa shape index (κ1) is 16.4. The summed E-state index contributed by atoms with van der Waals surface area (Å²) in [4.78, 5) is 14.2. The molecule has 23 heavy (non-hydrogen) atoms. The summed E-state index contributed by atoms with van der Waals surface area (Å²) in [7, 11) is 0. The third-order valence-corrected chi connectivity index (χ3v) is 4.61. The number of carbonyl (C=O) groups is 1. The van der Waals surface area contributed by atoms with Crippen molar-refractivity contribution in [3.63, 3.8) is 0 Å². The van der Waals surface area contributed by atoms with Crippen molar-refractivity contribution >= 4 is 5.91 Å². The van der Waals surface area contributed by atoms with E-state index in [1.54, 1.807) is 12.1 Å². The van der Waals surface area contributed by atoms with Gasteiger partial charge in [0.1, 0.15) is 5.82 Å². The standard InChI is InChI=1S/C18H24FNO3/c19-15-4-1-14(2-5-15)3-6-18(21)20-10-7-16(8-11-20)23-17-9-12-22-13-17/h1-2,4-5,16-17H,3,6-13H2/t17-/m0/s1. The van der Waals surface area contributed by atoms with Crippen LogP contribution in [0, 0.1) is 5.82 Å². The van der Waals surface area contributed by atoms with Gasteiger partial charge in [0.25, 0.3) is 0 Å². The van der Waals surface area contributed by atoms with E-state index in [0.717, 1.165) is 44.5 Å². The van der Waals surface area contributed by atoms with Crippen LogP contribution in [-0.2, 0) is 20.7 Å². The Labute approximate surface area is 136 Å². The highest BCUT2D eigenvalue weighted by Crippen LogP contribution is 2.20. The number of piperidine rings is 1. The first-order valence-corrected chi connectivity index (χ1v) is 8.46. The largest absolute Gasteiger partial charge is 0.379 e. The van der Waals surface area contributed by atoms with Crippen LogP contribution in [0.15, 0.2) is 24.3 Å². The highest BCUT2D eigenvalue weighted by atomic mass is 19.1. The van der Waals surface area contributed by atoms with Gasteiger partial charge in [0.05, 0.1) is 18.8 Å². The van der Waals surface area contributed by atoms with Crippen molar-refractivity contribution in [3.8, 4) is 0 Å². The second-order valence-electron chi connectivity index (χ2n) is 6.33. The van der Waals surface area contributed by atoms with E-state index in [1.807, 2.05) is 4.90 Å². The molecular weight excluding hydrogens is 297 g/mol. The second kappa shape index (κ2) is 7.88. The molecule has 1 atom stereocenters. The molecule has 0 spiro atoms. The van der Waals surface area contributed by atoms with E-state index >= 15 is 0 Å². The number of likely N-dealkylation sites (tertiary alicyclic amines) is 1. The zero-order valence-electron chi connectivity index (χ0n) is 13.4. The highest BCUT2D eigenvalue weighted by Gasteiger charge is 2.26. The van der Waals surface area contributed by atoms with Crippen molar-refractivity contribution in [2.24, 2.45) is 0 Å². The summed E-state index contributed by atoms with van der Waals surface area (Å²) in [5, 5.41) is 0. The lowest BCUT2D eigenvalue weighted by Crippen LogP contribution is -2.42. The molecule has 0 saturated carbocycles. The summed E-state index contributed by atoms with van der Waals surface area (Å²) in [6.45, 7) is 3.03. The molecule has 2 aliphatic heterocycles. The van der Waals surface area contributed by atoms with Crippen LogP contribution in [0.2, 0.25) is 0 Å². The van der Waals surface area contributed by atoms with Crippen LogP contribution in [0.4, 0.5) is 4.39 Å². The van der Waals surface area contributed by atoms with E-state index in [-0.39, 0.29) is 23.9 Å². The summed E-state index contributed by atoms with van der Waals surface area (Å²) in [5.41, 5.74) is 0.999. The molecule has 1 aromatic rings. The SMILES string of the molecule is O=C(CCc1ccc(F)cc1)N1CCC(O[C@H]2CCOC2)CC1. The minimum Gasteiger partial charge on any atom is -0.379 e. The van der Waals surface area contributed by atoms with Crippen LogP contribution in [0.5, 0.6) is 0 Å². The lowest BCUT2D eigenvalue weighted by Gasteiger charge is -2.33. The Bertz CT molecular complexity index is 506. The van der Waals surface area contributed by atoms with Crippen molar-refractivity contribution in [1.29, 1.82) is 0 Å². The number of carbonyl (C=O) groups excluding carboxylic acids is 1. The van der Waals surface area contributed by atoms with Gasteiger partial charge in [-0.2, -0.15) is 0 Å². The number of rotatable bonds is 5. The predicted molar refractivity (Wildman–Crippen MR) is 84.6 cm³/mol. The minimum atomic E-state index is -0.241. The van der Waals surface area contributed by atoms with Crippen molar-refractivity contribution in [1.82, 2.24) is 4.90 Å². The predicted octanol–water partition coefficient (Wildman–Crippen LogP) is 2.55. The minimum absolute atomic E-state index is 0.178. The molecule has 0 aliphatic carbocycles. The number of ether oxygens (including phenoxy) is 2. The lowest BCUT2D eigenvalue weighted by atomic mass is 10.1. The van der Waals surface area contributed by atoms with Gasteiger partial charge in [0.2, 0.25) is 5.91 Å². The van der Waals surface area contributed by atoms with Crippen molar-refractivity contribution in [2.45, 2.75) is 44.3 Å². The molecule has 2 aliphatic rings. The van der Waals surface area contributed by atoms with Gasteiger partial charge < -0.3 is 14.4 Å². The first-order valence-electron chi connectivity index (χ1n) is 8.46. The maximum atomic E-state index is 12.9. The van der Waals surface area contributed by atoms with E-state index in [2.05, 4.69) is 0 Å². The van der Waals surface area contributed by atoms with Crippen LogP contribution >= 0.6 is 0 Å². The average molecular weight is 321 g/mol. The molecule has 1 amide bonds. The van der Waals surface area contributed by atoms with Crippen LogP contribution in [0.3, 0.4) is 0 Å². The van der Waals surface area contributed by atoms with Gasteiger partial charge in [0, 0.05) is 26.1 Å². The quantitative estimate of drug-likeness (QED) is 0.836. The first-order chi connectivity index (χ1) is 11.2. The van der Waals surface area contributed by atoms with Gasteiger partial charge >= 0.3 is 0 Å². The molecule has 0 radical (unpaired) electrons. The molecule has 5 heteroatoms. The Morgan fingerprint density at radius 1 is 1.17 bits per heavy atom. The maximum absolute atomic E-state index is 12.9. The van der Waals surface area contributed by atoms with Gasteiger partial charge in [0.15, 0.2) is 0 Å². The molecule has 126 valence electrons. The second-order valence-corrected chi connectivity index (χ2v) is 6.33. The van der Waals surface area contributed by atoms with E-state index in [0.29, 0.717) is 19.4 Å². The number of hydrogen-bond acceptors (Lipinski definition) is 3. The number of aryl methyl sites for hydroxylation is 1. The number of hydrogen-bond donors (Lipinski definition) is 0. The Balaban J connectivity index is 1.38. The number of halogens is 1. The molecule has 2 heterocycles. The molecule has 4 nitrogen and oxygen atoms in total. The fraction of sp³-hybridized carbons (Fsp3) is 0.611. The topological polar surface area (TPSA) is 38.8 Å². The molecule has 2 fully saturated rings. The van der Waals surface area contributed by atoms with Crippen molar-refractivity contribution < 1.29 is 18.7 Å². The Hall–Kier alpha value is -1.46. The molecule has 0 bridgehead atoms. The van der Waals surface area contributed by atoms with Crippen LogP contribution in [-0.4, -0.2) is 49.3 Å². The molecule has 2 saturated heterocycles. The maximum Gasteiger partial charge on any atom is 0.222 e. The summed E-state index contributed by atoms with van der Waals surface area (Å²) in [6.07, 6.45) is 4.42. The third kappa shape index (κ3) is 4.75. The molecule has 0 N–H and O–H groups in total. The lowest BCUT2D eigenvalue weighted by molar-refractivity contribution is -0.134. The van der Waals surface area contributed by atoms with Gasteiger partial charge in [-0.15, -0.1) is 0 Å². The fourth-order valence-electron chi connectivity index (χ4n) is 3.19. The summed E-state index contributed by atoms with van der Waals surface area (Å²) in [6, 6.07) is 6.36. The monoisotopic (exact) mass is 321 g/mol. The fourth-order valence-corrected chi connectivity index (χ4v) is 3.19. The number of amides is 1. The number of benzene rings is 1. The van der Waals surface area contributed by atoms with Gasteiger partial charge in [-0.25, -0.2) is 4.39 Å². The van der Waals surface area contributed by atoms with Crippen molar-refractivity contribution in [2.75, 3.05) is 26.3 Å². The number of nitrogens with zero attached hydrogens (tertiary/aromatic N) is 1. The Kier molecular flexibility index (Phi) is 5.62. The molecule has 0 aromatic heterocycles. The smallest absolute Gasteiger partial charge is 0.222 e. The normalized spacial score (nSPS) is 22.5. The third-order valence-electron chi connectivity index (χ3n) is 4.61. The van der Waals surface area contributed by atoms with Crippen LogP contribution in [0.1, 0.15) is 31.2 Å². The van der Waals surface area contributed by atoms with Gasteiger partial charge in [-0.1, -0.05) is 12.1 Å². The van der Waals surface area contributed by atoms with Crippen molar-refractivity contribution in [3.05, 3.63) is 35.6 Å². The summed E-state index contributed by atoms with van der Waals surface area (Å²) >= 11 is 0. The Morgan fingerprint density at radius 2 is 1.91 bits per heavy atom. The van der Waals surface area contributed by atoms with E-state index in [1.165, 1.54) is 12.1 Å². The van der Waals surface area contributed by atoms with Crippen LogP contribution in [0.25, 0.3) is 0 Å².